The van der Waals surface area contributed by atoms with Crippen molar-refractivity contribution in [3.8, 4) is 6.07 Å². The first-order chi connectivity index (χ1) is 7.39. The van der Waals surface area contributed by atoms with Crippen LogP contribution in [0.25, 0.3) is 0 Å². The topological polar surface area (TPSA) is 52.9 Å². The molecule has 0 radical (unpaired) electrons. The Morgan fingerprint density at radius 3 is 2.50 bits per heavy atom. The third kappa shape index (κ3) is 1.47. The molecule has 16 heavy (non-hydrogen) atoms. The zero-order valence-electron chi connectivity index (χ0n) is 8.27. The molecule has 0 bridgehead atoms. The molecule has 0 aromatic carbocycles. The largest absolute Gasteiger partial charge is 0.431 e. The molecule has 6 heteroatoms. The summed E-state index contributed by atoms with van der Waals surface area (Å²) in [5, 5.41) is 10.6. The number of carbonyl (C=O) groups excluding carboxylic acids is 1. The SMILES string of the molecule is N#C[C@H]1C(=O)NC(C(F)(F)F)=CC12CCC2. The van der Waals surface area contributed by atoms with E-state index in [1.165, 1.54) is 0 Å². The summed E-state index contributed by atoms with van der Waals surface area (Å²) in [6, 6.07) is 1.79. The van der Waals surface area contributed by atoms with E-state index < -0.39 is 29.1 Å². The van der Waals surface area contributed by atoms with E-state index in [1.807, 2.05) is 0 Å². The Balaban J connectivity index is 2.40. The lowest BCUT2D eigenvalue weighted by Crippen LogP contribution is -2.50. The van der Waals surface area contributed by atoms with Crippen LogP contribution in [0.5, 0.6) is 0 Å². The number of nitrogens with one attached hydrogen (secondary N) is 1. The molecule has 0 aromatic heterocycles. The predicted octanol–water partition coefficient (Wildman–Crippen LogP) is 1.87. The molecule has 1 atom stereocenters. The minimum atomic E-state index is -4.56. The maximum atomic E-state index is 12.5. The van der Waals surface area contributed by atoms with E-state index in [-0.39, 0.29) is 0 Å². The van der Waals surface area contributed by atoms with E-state index in [2.05, 4.69) is 0 Å². The fourth-order valence-electron chi connectivity index (χ4n) is 2.23. The van der Waals surface area contributed by atoms with Crippen LogP contribution >= 0.6 is 0 Å². The van der Waals surface area contributed by atoms with Gasteiger partial charge in [0, 0.05) is 5.41 Å². The van der Waals surface area contributed by atoms with Gasteiger partial charge in [-0.15, -0.1) is 0 Å². The lowest BCUT2D eigenvalue weighted by Gasteiger charge is -2.45. The molecule has 1 heterocycles. The number of alkyl halides is 3. The first-order valence-electron chi connectivity index (χ1n) is 4.90. The van der Waals surface area contributed by atoms with Gasteiger partial charge in [0.2, 0.25) is 5.91 Å². The monoisotopic (exact) mass is 230 g/mol. The van der Waals surface area contributed by atoms with Crippen LogP contribution in [0, 0.1) is 22.7 Å². The van der Waals surface area contributed by atoms with Crippen molar-refractivity contribution in [2.24, 2.45) is 11.3 Å². The summed E-state index contributed by atoms with van der Waals surface area (Å²) in [7, 11) is 0. The molecule has 3 nitrogen and oxygen atoms in total. The zero-order valence-corrected chi connectivity index (χ0v) is 8.27. The Morgan fingerprint density at radius 1 is 1.50 bits per heavy atom. The minimum absolute atomic E-state index is 0.470. The standard InChI is InChI=1S/C10H9F3N2O/c11-10(12,13)7-4-9(2-1-3-9)6(5-14)8(16)15-7/h4,6H,1-3H2,(H,15,16)/t6-/m0/s1. The molecule has 1 spiro atoms. The number of allylic oxidation sites excluding steroid dienone is 2. The van der Waals surface area contributed by atoms with E-state index >= 15 is 0 Å². The van der Waals surface area contributed by atoms with E-state index in [0.717, 1.165) is 12.5 Å². The summed E-state index contributed by atoms with van der Waals surface area (Å²) in [5.41, 5.74) is -1.91. The van der Waals surface area contributed by atoms with Crippen LogP contribution in [0.2, 0.25) is 0 Å². The third-order valence-electron chi connectivity index (χ3n) is 3.25. The van der Waals surface area contributed by atoms with E-state index in [4.69, 9.17) is 5.26 Å². The molecule has 86 valence electrons. The maximum Gasteiger partial charge on any atom is 0.431 e. The Hall–Kier alpha value is -1.51. The van der Waals surface area contributed by atoms with Crippen molar-refractivity contribution in [1.82, 2.24) is 5.32 Å². The molecule has 1 aliphatic carbocycles. The van der Waals surface area contributed by atoms with Gasteiger partial charge in [-0.25, -0.2) is 0 Å². The van der Waals surface area contributed by atoms with E-state index in [1.54, 1.807) is 11.4 Å². The van der Waals surface area contributed by atoms with Crippen molar-refractivity contribution < 1.29 is 18.0 Å². The Kier molecular flexibility index (Phi) is 2.22. The number of carbonyl (C=O) groups is 1. The number of hydrogen-bond donors (Lipinski definition) is 1. The zero-order chi connectivity index (χ0) is 12.0. The van der Waals surface area contributed by atoms with Crippen LogP contribution in [0.1, 0.15) is 19.3 Å². The maximum absolute atomic E-state index is 12.5. The molecule has 1 saturated carbocycles. The lowest BCUT2D eigenvalue weighted by atomic mass is 9.59. The summed E-state index contributed by atoms with van der Waals surface area (Å²) in [4.78, 5) is 11.4. The van der Waals surface area contributed by atoms with Gasteiger partial charge in [-0.2, -0.15) is 18.4 Å². The summed E-state index contributed by atoms with van der Waals surface area (Å²) >= 11 is 0. The van der Waals surface area contributed by atoms with Crippen molar-refractivity contribution in [3.63, 3.8) is 0 Å². The highest BCUT2D eigenvalue weighted by molar-refractivity contribution is 5.85. The van der Waals surface area contributed by atoms with Gasteiger partial charge in [0.25, 0.3) is 0 Å². The lowest BCUT2D eigenvalue weighted by molar-refractivity contribution is -0.135. The van der Waals surface area contributed by atoms with Gasteiger partial charge in [-0.3, -0.25) is 4.79 Å². The van der Waals surface area contributed by atoms with Crippen molar-refractivity contribution in [2.45, 2.75) is 25.4 Å². The van der Waals surface area contributed by atoms with Crippen LogP contribution in [0.4, 0.5) is 13.2 Å². The second kappa shape index (κ2) is 3.24. The van der Waals surface area contributed by atoms with Gasteiger partial charge in [0.05, 0.1) is 6.07 Å². The van der Waals surface area contributed by atoms with Gasteiger partial charge in [0.15, 0.2) is 0 Å². The molecule has 1 aliphatic heterocycles. The molecule has 2 aliphatic rings. The molecule has 1 amide bonds. The highest BCUT2D eigenvalue weighted by atomic mass is 19.4. The summed E-state index contributed by atoms with van der Waals surface area (Å²) in [6.07, 6.45) is -1.84. The van der Waals surface area contributed by atoms with Crippen LogP contribution < -0.4 is 5.32 Å². The molecular weight excluding hydrogens is 221 g/mol. The van der Waals surface area contributed by atoms with Crippen molar-refractivity contribution >= 4 is 5.91 Å². The van der Waals surface area contributed by atoms with Crippen LogP contribution in [-0.2, 0) is 4.79 Å². The van der Waals surface area contributed by atoms with E-state index in [9.17, 15) is 18.0 Å². The molecule has 1 N–H and O–H groups in total. The second-order valence-electron chi connectivity index (χ2n) is 4.19. The van der Waals surface area contributed by atoms with Gasteiger partial charge in [-0.1, -0.05) is 6.42 Å². The van der Waals surface area contributed by atoms with Crippen molar-refractivity contribution in [3.05, 3.63) is 11.8 Å². The fourth-order valence-corrected chi connectivity index (χ4v) is 2.23. The summed E-state index contributed by atoms with van der Waals surface area (Å²) in [5.74, 6) is -1.83. The van der Waals surface area contributed by atoms with Gasteiger partial charge >= 0.3 is 6.18 Å². The van der Waals surface area contributed by atoms with Crippen LogP contribution in [-0.4, -0.2) is 12.1 Å². The molecule has 0 saturated heterocycles. The molecular formula is C10H9F3N2O. The molecule has 2 rings (SSSR count). The number of amides is 1. The molecule has 0 aromatic rings. The Bertz CT molecular complexity index is 401. The van der Waals surface area contributed by atoms with Gasteiger partial charge in [0.1, 0.15) is 11.6 Å². The van der Waals surface area contributed by atoms with Crippen LogP contribution in [0.15, 0.2) is 11.8 Å². The highest BCUT2D eigenvalue weighted by Gasteiger charge is 2.52. The first kappa shape index (κ1) is 11.0. The Morgan fingerprint density at radius 2 is 2.12 bits per heavy atom. The van der Waals surface area contributed by atoms with Gasteiger partial charge < -0.3 is 5.32 Å². The molecule has 1 fully saturated rings. The number of nitrogens with zero attached hydrogens (tertiary/aromatic N) is 1. The smallest absolute Gasteiger partial charge is 0.321 e. The summed E-state index contributed by atoms with van der Waals surface area (Å²) < 4.78 is 37.5. The number of rotatable bonds is 0. The normalized spacial score (nSPS) is 27.8. The number of hydrogen-bond acceptors (Lipinski definition) is 2. The second-order valence-corrected chi connectivity index (χ2v) is 4.19. The Labute approximate surface area is 89.9 Å². The van der Waals surface area contributed by atoms with E-state index in [0.29, 0.717) is 12.8 Å². The fraction of sp³-hybridized carbons (Fsp3) is 0.600. The highest BCUT2D eigenvalue weighted by Crippen LogP contribution is 2.51. The number of nitriles is 1. The van der Waals surface area contributed by atoms with Crippen molar-refractivity contribution in [1.29, 1.82) is 5.26 Å². The third-order valence-corrected chi connectivity index (χ3v) is 3.25. The minimum Gasteiger partial charge on any atom is -0.321 e. The quantitative estimate of drug-likeness (QED) is 0.690. The van der Waals surface area contributed by atoms with Crippen LogP contribution in [0.3, 0.4) is 0 Å². The average Bonchev–Trinajstić information content (AvgIpc) is 2.12. The van der Waals surface area contributed by atoms with Gasteiger partial charge in [-0.05, 0) is 18.9 Å². The van der Waals surface area contributed by atoms with Crippen molar-refractivity contribution in [2.75, 3.05) is 0 Å². The predicted molar refractivity (Wildman–Crippen MR) is 47.7 cm³/mol. The molecule has 0 unspecified atom stereocenters. The average molecular weight is 230 g/mol. The first-order valence-corrected chi connectivity index (χ1v) is 4.90. The number of halogens is 3. The summed E-state index contributed by atoms with van der Waals surface area (Å²) in [6.45, 7) is 0.